The molecule has 1 N–H and O–H groups in total. The summed E-state index contributed by atoms with van der Waals surface area (Å²) in [7, 11) is -3.48. The summed E-state index contributed by atoms with van der Waals surface area (Å²) in [5.41, 5.74) is 0.530. The van der Waals surface area contributed by atoms with E-state index in [9.17, 15) is 13.2 Å². The molecule has 6 nitrogen and oxygen atoms in total. The van der Waals surface area contributed by atoms with Crippen molar-refractivity contribution < 1.29 is 13.2 Å². The van der Waals surface area contributed by atoms with Crippen LogP contribution >= 0.6 is 0 Å². The van der Waals surface area contributed by atoms with E-state index in [-0.39, 0.29) is 10.8 Å². The van der Waals surface area contributed by atoms with E-state index in [2.05, 4.69) is 23.5 Å². The number of piperazine rings is 1. The molecule has 24 heavy (non-hydrogen) atoms. The van der Waals surface area contributed by atoms with Crippen molar-refractivity contribution in [3.05, 3.63) is 29.8 Å². The minimum absolute atomic E-state index is 0.0356. The molecule has 0 spiro atoms. The smallest absolute Gasteiger partial charge is 0.253 e. The average Bonchev–Trinajstić information content (AvgIpc) is 2.54. The van der Waals surface area contributed by atoms with Crippen LogP contribution in [0, 0.1) is 5.92 Å². The van der Waals surface area contributed by atoms with Gasteiger partial charge in [-0.05, 0) is 30.2 Å². The Morgan fingerprint density at radius 3 is 2.21 bits per heavy atom. The lowest BCUT2D eigenvalue weighted by Crippen LogP contribution is -2.49. The van der Waals surface area contributed by atoms with Crippen LogP contribution in [0.5, 0.6) is 0 Å². The average molecular weight is 353 g/mol. The Hall–Kier alpha value is -1.44. The number of amides is 1. The number of benzene rings is 1. The van der Waals surface area contributed by atoms with E-state index in [1.807, 2.05) is 4.90 Å². The molecule has 1 heterocycles. The minimum Gasteiger partial charge on any atom is -0.336 e. The van der Waals surface area contributed by atoms with Crippen LogP contribution in [0.3, 0.4) is 0 Å². The van der Waals surface area contributed by atoms with Gasteiger partial charge in [-0.2, -0.15) is 0 Å². The third kappa shape index (κ3) is 4.78. The van der Waals surface area contributed by atoms with Crippen LogP contribution in [0.15, 0.2) is 29.2 Å². The maximum Gasteiger partial charge on any atom is 0.253 e. The lowest BCUT2D eigenvalue weighted by molar-refractivity contribution is 0.0623. The number of carbonyl (C=O) groups is 1. The summed E-state index contributed by atoms with van der Waals surface area (Å²) in [6.07, 6.45) is 0. The van der Waals surface area contributed by atoms with Gasteiger partial charge in [0.2, 0.25) is 10.0 Å². The third-order valence-corrected chi connectivity index (χ3v) is 5.59. The predicted octanol–water partition coefficient (Wildman–Crippen LogP) is 1.40. The zero-order valence-electron chi connectivity index (χ0n) is 14.7. The second kappa shape index (κ2) is 8.09. The Labute approximate surface area is 144 Å². The summed E-state index contributed by atoms with van der Waals surface area (Å²) < 4.78 is 26.3. The van der Waals surface area contributed by atoms with Gasteiger partial charge >= 0.3 is 0 Å². The first-order valence-corrected chi connectivity index (χ1v) is 9.93. The van der Waals surface area contributed by atoms with Gasteiger partial charge < -0.3 is 4.90 Å². The first kappa shape index (κ1) is 18.9. The monoisotopic (exact) mass is 353 g/mol. The fourth-order valence-corrected chi connectivity index (χ4v) is 3.92. The van der Waals surface area contributed by atoms with Crippen molar-refractivity contribution in [2.24, 2.45) is 5.92 Å². The lowest BCUT2D eigenvalue weighted by Gasteiger charge is -2.35. The van der Waals surface area contributed by atoms with Crippen molar-refractivity contribution in [2.75, 3.05) is 39.3 Å². The SMILES string of the molecule is CCNS(=O)(=O)c1ccc(C(=O)N2CCN(CC(C)C)CC2)cc1. The molecule has 0 aromatic heterocycles. The Kier molecular flexibility index (Phi) is 6.37. The van der Waals surface area contributed by atoms with Crippen LogP contribution < -0.4 is 4.72 Å². The van der Waals surface area contributed by atoms with Crippen LogP contribution in [0.4, 0.5) is 0 Å². The molecule has 1 aromatic rings. The molecule has 0 saturated carbocycles. The van der Waals surface area contributed by atoms with Gasteiger partial charge in [0.1, 0.15) is 0 Å². The summed E-state index contributed by atoms with van der Waals surface area (Å²) in [6.45, 7) is 10.7. The fourth-order valence-electron chi connectivity index (χ4n) is 2.88. The van der Waals surface area contributed by atoms with E-state index in [1.54, 1.807) is 19.1 Å². The van der Waals surface area contributed by atoms with Gasteiger partial charge in [0.15, 0.2) is 0 Å². The Balaban J connectivity index is 1.99. The molecule has 1 fully saturated rings. The molecule has 134 valence electrons. The molecule has 7 heteroatoms. The van der Waals surface area contributed by atoms with E-state index in [0.29, 0.717) is 31.1 Å². The van der Waals surface area contributed by atoms with E-state index < -0.39 is 10.0 Å². The van der Waals surface area contributed by atoms with Crippen molar-refractivity contribution in [3.63, 3.8) is 0 Å². The second-order valence-corrected chi connectivity index (χ2v) is 8.28. The van der Waals surface area contributed by atoms with E-state index in [1.165, 1.54) is 12.1 Å². The van der Waals surface area contributed by atoms with Gasteiger partial charge in [0, 0.05) is 44.8 Å². The quantitative estimate of drug-likeness (QED) is 0.839. The fraction of sp³-hybridized carbons (Fsp3) is 0.588. The van der Waals surface area contributed by atoms with E-state index in [4.69, 9.17) is 0 Å². The van der Waals surface area contributed by atoms with Crippen LogP contribution in [-0.2, 0) is 10.0 Å². The van der Waals surface area contributed by atoms with Gasteiger partial charge in [0.25, 0.3) is 5.91 Å². The molecule has 1 amide bonds. The number of rotatable bonds is 6. The van der Waals surface area contributed by atoms with Crippen LogP contribution in [0.1, 0.15) is 31.1 Å². The molecule has 0 unspecified atom stereocenters. The Bertz CT molecular complexity index is 648. The first-order chi connectivity index (χ1) is 11.3. The van der Waals surface area contributed by atoms with Gasteiger partial charge in [-0.3, -0.25) is 9.69 Å². The number of carbonyl (C=O) groups excluding carboxylic acids is 1. The summed E-state index contributed by atoms with van der Waals surface area (Å²) in [5, 5.41) is 0. The topological polar surface area (TPSA) is 69.7 Å². The Morgan fingerprint density at radius 2 is 1.71 bits per heavy atom. The molecule has 0 bridgehead atoms. The highest BCUT2D eigenvalue weighted by Gasteiger charge is 2.23. The molecular formula is C17H27N3O3S. The van der Waals surface area contributed by atoms with Crippen molar-refractivity contribution >= 4 is 15.9 Å². The van der Waals surface area contributed by atoms with Crippen LogP contribution in [-0.4, -0.2) is 63.4 Å². The Morgan fingerprint density at radius 1 is 1.12 bits per heavy atom. The van der Waals surface area contributed by atoms with Crippen LogP contribution in [0.2, 0.25) is 0 Å². The predicted molar refractivity (Wildman–Crippen MR) is 94.5 cm³/mol. The van der Waals surface area contributed by atoms with E-state index >= 15 is 0 Å². The third-order valence-electron chi connectivity index (χ3n) is 4.03. The molecule has 1 aliphatic rings. The summed E-state index contributed by atoms with van der Waals surface area (Å²) in [4.78, 5) is 17.0. The zero-order valence-corrected chi connectivity index (χ0v) is 15.5. The first-order valence-electron chi connectivity index (χ1n) is 8.45. The summed E-state index contributed by atoms with van der Waals surface area (Å²) in [5.74, 6) is 0.588. The number of nitrogens with zero attached hydrogens (tertiary/aromatic N) is 2. The highest BCUT2D eigenvalue weighted by molar-refractivity contribution is 7.89. The molecule has 1 aromatic carbocycles. The number of hydrogen-bond acceptors (Lipinski definition) is 4. The van der Waals surface area contributed by atoms with Gasteiger partial charge in [0.05, 0.1) is 4.90 Å². The highest BCUT2D eigenvalue weighted by Crippen LogP contribution is 2.14. The maximum atomic E-state index is 12.6. The molecule has 2 rings (SSSR count). The summed E-state index contributed by atoms with van der Waals surface area (Å²) in [6, 6.07) is 6.15. The van der Waals surface area contributed by atoms with Crippen LogP contribution in [0.25, 0.3) is 0 Å². The van der Waals surface area contributed by atoms with Crippen molar-refractivity contribution in [1.82, 2.24) is 14.5 Å². The lowest BCUT2D eigenvalue weighted by atomic mass is 10.1. The highest BCUT2D eigenvalue weighted by atomic mass is 32.2. The largest absolute Gasteiger partial charge is 0.336 e. The molecular weight excluding hydrogens is 326 g/mol. The van der Waals surface area contributed by atoms with Gasteiger partial charge in [-0.15, -0.1) is 0 Å². The molecule has 1 saturated heterocycles. The van der Waals surface area contributed by atoms with Gasteiger partial charge in [-0.1, -0.05) is 20.8 Å². The normalized spacial score (nSPS) is 16.6. The molecule has 1 aliphatic heterocycles. The number of hydrogen-bond donors (Lipinski definition) is 1. The van der Waals surface area contributed by atoms with E-state index in [0.717, 1.165) is 19.6 Å². The van der Waals surface area contributed by atoms with Crippen molar-refractivity contribution in [2.45, 2.75) is 25.7 Å². The van der Waals surface area contributed by atoms with Crippen molar-refractivity contribution in [3.8, 4) is 0 Å². The zero-order chi connectivity index (χ0) is 17.7. The summed E-state index contributed by atoms with van der Waals surface area (Å²) >= 11 is 0. The maximum absolute atomic E-state index is 12.6. The molecule has 0 aliphatic carbocycles. The minimum atomic E-state index is -3.48. The number of sulfonamides is 1. The second-order valence-electron chi connectivity index (χ2n) is 6.51. The van der Waals surface area contributed by atoms with Crippen molar-refractivity contribution in [1.29, 1.82) is 0 Å². The molecule has 0 atom stereocenters. The van der Waals surface area contributed by atoms with Gasteiger partial charge in [-0.25, -0.2) is 13.1 Å². The number of nitrogens with one attached hydrogen (secondary N) is 1. The standard InChI is InChI=1S/C17H27N3O3S/c1-4-18-24(22,23)16-7-5-15(6-8-16)17(21)20-11-9-19(10-12-20)13-14(2)3/h5-8,14,18H,4,9-13H2,1-3H3. The molecule has 0 radical (unpaired) electrons.